The lowest BCUT2D eigenvalue weighted by molar-refractivity contribution is 0.662. The van der Waals surface area contributed by atoms with Crippen LogP contribution in [0.4, 0.5) is 34.1 Å². The zero-order valence-electron chi connectivity index (χ0n) is 31.4. The molecule has 274 valence electrons. The van der Waals surface area contributed by atoms with E-state index in [0.29, 0.717) is 17.2 Å². The molecule has 0 aliphatic rings. The van der Waals surface area contributed by atoms with Crippen LogP contribution in [-0.4, -0.2) is 14.5 Å². The molecule has 8 aromatic carbocycles. The number of hydrogen-bond acceptors (Lipinski definition) is 5. The van der Waals surface area contributed by atoms with Crippen molar-refractivity contribution in [1.29, 1.82) is 0 Å². The summed E-state index contributed by atoms with van der Waals surface area (Å²) >= 11 is 0. The summed E-state index contributed by atoms with van der Waals surface area (Å²) in [6.07, 6.45) is 0. The highest BCUT2D eigenvalue weighted by Gasteiger charge is 2.24. The molecule has 0 aliphatic heterocycles. The summed E-state index contributed by atoms with van der Waals surface area (Å²) in [5, 5.41) is 3.11. The third-order valence-corrected chi connectivity index (χ3v) is 10.8. The largest absolute Gasteiger partial charge is 0.450 e. The summed E-state index contributed by atoms with van der Waals surface area (Å²) in [7, 11) is 0. The Balaban J connectivity index is 1.23. The van der Waals surface area contributed by atoms with E-state index in [9.17, 15) is 0 Å². The van der Waals surface area contributed by atoms with Crippen LogP contribution in [0.1, 0.15) is 0 Å². The van der Waals surface area contributed by atoms with Gasteiger partial charge >= 0.3 is 0 Å². The van der Waals surface area contributed by atoms with Gasteiger partial charge in [-0.3, -0.25) is 4.57 Å². The Morgan fingerprint density at radius 3 is 1.29 bits per heavy atom. The lowest BCUT2D eigenvalue weighted by atomic mass is 10.1. The molecule has 0 amide bonds. The van der Waals surface area contributed by atoms with Crippen molar-refractivity contribution < 1.29 is 4.42 Å². The van der Waals surface area contributed by atoms with Crippen molar-refractivity contribution in [3.63, 3.8) is 0 Å². The number of anilines is 6. The lowest BCUT2D eigenvalue weighted by Gasteiger charge is -2.26. The Morgan fingerprint density at radius 1 is 0.379 bits per heavy atom. The fourth-order valence-corrected chi connectivity index (χ4v) is 8.15. The van der Waals surface area contributed by atoms with E-state index < -0.39 is 0 Å². The summed E-state index contributed by atoms with van der Waals surface area (Å²) in [5.41, 5.74) is 11.5. The minimum atomic E-state index is 0.636. The van der Waals surface area contributed by atoms with E-state index in [4.69, 9.17) is 14.4 Å². The molecule has 0 fully saturated rings. The van der Waals surface area contributed by atoms with E-state index in [1.807, 2.05) is 36.4 Å². The average Bonchev–Trinajstić information content (AvgIpc) is 3.83. The molecule has 3 heterocycles. The van der Waals surface area contributed by atoms with Crippen LogP contribution in [0.15, 0.2) is 217 Å². The number of para-hydroxylation sites is 5. The first-order chi connectivity index (χ1) is 28.8. The van der Waals surface area contributed by atoms with Gasteiger partial charge in [0.2, 0.25) is 0 Å². The molecule has 11 aromatic rings. The first-order valence-corrected chi connectivity index (χ1v) is 19.4. The van der Waals surface area contributed by atoms with Crippen molar-refractivity contribution in [2.75, 3.05) is 9.80 Å². The molecule has 0 saturated carbocycles. The highest BCUT2D eigenvalue weighted by atomic mass is 16.3. The Hall–Kier alpha value is -7.96. The minimum absolute atomic E-state index is 0.636. The van der Waals surface area contributed by atoms with Gasteiger partial charge in [0.15, 0.2) is 17.2 Å². The van der Waals surface area contributed by atoms with Gasteiger partial charge in [0, 0.05) is 55.8 Å². The summed E-state index contributed by atoms with van der Waals surface area (Å²) in [4.78, 5) is 15.1. The van der Waals surface area contributed by atoms with Crippen molar-refractivity contribution in [2.24, 2.45) is 0 Å². The second-order valence-corrected chi connectivity index (χ2v) is 14.3. The van der Waals surface area contributed by atoms with Crippen LogP contribution in [-0.2, 0) is 0 Å². The minimum Gasteiger partial charge on any atom is -0.450 e. The maximum atomic E-state index is 6.69. The maximum Gasteiger partial charge on any atom is 0.197 e. The molecule has 0 N–H and O–H groups in total. The van der Waals surface area contributed by atoms with E-state index >= 15 is 0 Å². The number of aromatic nitrogens is 3. The third-order valence-electron chi connectivity index (χ3n) is 10.8. The van der Waals surface area contributed by atoms with E-state index in [1.54, 1.807) is 0 Å². The third kappa shape index (κ3) is 5.66. The van der Waals surface area contributed by atoms with Crippen molar-refractivity contribution in [3.05, 3.63) is 212 Å². The number of nitrogens with zero attached hydrogens (tertiary/aromatic N) is 5. The zero-order valence-corrected chi connectivity index (χ0v) is 31.4. The van der Waals surface area contributed by atoms with Crippen molar-refractivity contribution in [1.82, 2.24) is 14.5 Å². The number of benzene rings is 8. The summed E-state index contributed by atoms with van der Waals surface area (Å²) in [5.74, 6) is 1.32. The van der Waals surface area contributed by atoms with Gasteiger partial charge in [-0.15, -0.1) is 0 Å². The van der Waals surface area contributed by atoms with Gasteiger partial charge in [0.1, 0.15) is 11.1 Å². The number of hydrogen-bond donors (Lipinski definition) is 0. The van der Waals surface area contributed by atoms with Gasteiger partial charge in [-0.05, 0) is 97.1 Å². The van der Waals surface area contributed by atoms with Gasteiger partial charge in [-0.2, -0.15) is 0 Å². The molecule has 6 nitrogen and oxygen atoms in total. The lowest BCUT2D eigenvalue weighted by Crippen LogP contribution is -2.09. The highest BCUT2D eigenvalue weighted by Crippen LogP contribution is 2.44. The molecule has 11 rings (SSSR count). The standard InChI is InChI=1S/C52H35N5O/c1-6-18-36(19-7-1)51-53-49-43-28-16-17-29-48(43)58-50(49)52(54-51)57-46-32-30-41(55(37-20-8-2-9-21-37)38-22-10-3-11-23-38)34-44(46)45-35-42(31-33-47(45)57)56(39-24-12-4-13-25-39)40-26-14-5-15-27-40/h1-35H. The first-order valence-electron chi connectivity index (χ1n) is 19.4. The molecule has 0 unspecified atom stereocenters. The van der Waals surface area contributed by atoms with Crippen LogP contribution in [0.2, 0.25) is 0 Å². The van der Waals surface area contributed by atoms with Crippen LogP contribution >= 0.6 is 0 Å². The molecule has 0 aliphatic carbocycles. The van der Waals surface area contributed by atoms with Gasteiger partial charge in [-0.25, -0.2) is 9.97 Å². The monoisotopic (exact) mass is 745 g/mol. The average molecular weight is 746 g/mol. The molecule has 6 heteroatoms. The van der Waals surface area contributed by atoms with Crippen LogP contribution in [0.5, 0.6) is 0 Å². The van der Waals surface area contributed by atoms with Crippen LogP contribution < -0.4 is 9.80 Å². The molecule has 58 heavy (non-hydrogen) atoms. The van der Waals surface area contributed by atoms with Gasteiger partial charge < -0.3 is 14.2 Å². The van der Waals surface area contributed by atoms with Crippen molar-refractivity contribution in [2.45, 2.75) is 0 Å². The van der Waals surface area contributed by atoms with Crippen molar-refractivity contribution in [3.8, 4) is 17.2 Å². The molecule has 0 atom stereocenters. The molecule has 0 saturated heterocycles. The topological polar surface area (TPSA) is 50.3 Å². The zero-order chi connectivity index (χ0) is 38.4. The Morgan fingerprint density at radius 2 is 0.810 bits per heavy atom. The highest BCUT2D eigenvalue weighted by molar-refractivity contribution is 6.14. The van der Waals surface area contributed by atoms with Crippen LogP contribution in [0, 0.1) is 0 Å². The fraction of sp³-hybridized carbons (Fsp3) is 0. The predicted octanol–water partition coefficient (Wildman–Crippen LogP) is 14.1. The van der Waals surface area contributed by atoms with Gasteiger partial charge in [0.25, 0.3) is 0 Å². The van der Waals surface area contributed by atoms with E-state index in [1.165, 1.54) is 0 Å². The number of fused-ring (bicyclic) bond motifs is 6. The smallest absolute Gasteiger partial charge is 0.197 e. The van der Waals surface area contributed by atoms with E-state index in [-0.39, 0.29) is 0 Å². The molecular weight excluding hydrogens is 711 g/mol. The maximum absolute atomic E-state index is 6.69. The predicted molar refractivity (Wildman–Crippen MR) is 238 cm³/mol. The van der Waals surface area contributed by atoms with E-state index in [2.05, 4.69) is 190 Å². The normalized spacial score (nSPS) is 11.4. The molecule has 0 radical (unpaired) electrons. The molecule has 3 aromatic heterocycles. The Bertz CT molecular complexity index is 3000. The number of rotatable bonds is 8. The van der Waals surface area contributed by atoms with Gasteiger partial charge in [-0.1, -0.05) is 115 Å². The molecule has 0 bridgehead atoms. The van der Waals surface area contributed by atoms with Crippen LogP contribution in [0.25, 0.3) is 61.1 Å². The summed E-state index contributed by atoms with van der Waals surface area (Å²) in [6.45, 7) is 0. The second kappa shape index (κ2) is 14.0. The summed E-state index contributed by atoms with van der Waals surface area (Å²) < 4.78 is 8.94. The van der Waals surface area contributed by atoms with E-state index in [0.717, 1.165) is 78.0 Å². The van der Waals surface area contributed by atoms with Crippen molar-refractivity contribution >= 4 is 78.0 Å². The number of furan rings is 1. The summed E-state index contributed by atoms with van der Waals surface area (Å²) in [6, 6.07) is 73.9. The van der Waals surface area contributed by atoms with Crippen LogP contribution in [0.3, 0.4) is 0 Å². The molecular formula is C52H35N5O. The SMILES string of the molecule is c1ccc(-c2nc(-n3c4ccc(N(c5ccccc5)c5ccccc5)cc4c4cc(N(c5ccccc5)c5ccccc5)ccc43)c3oc4ccccc4c3n2)cc1. The fourth-order valence-electron chi connectivity index (χ4n) is 8.15. The second-order valence-electron chi connectivity index (χ2n) is 14.3. The Labute approximate surface area is 335 Å². The first kappa shape index (κ1) is 33.4. The Kier molecular flexibility index (Phi) is 8.04. The quantitative estimate of drug-likeness (QED) is 0.155. The van der Waals surface area contributed by atoms with Gasteiger partial charge in [0.05, 0.1) is 11.0 Å². The molecule has 0 spiro atoms.